The van der Waals surface area contributed by atoms with Gasteiger partial charge in [-0.2, -0.15) is 0 Å². The molecule has 0 aliphatic heterocycles. The molecule has 5 heteroatoms. The van der Waals surface area contributed by atoms with Crippen LogP contribution >= 0.6 is 0 Å². The van der Waals surface area contributed by atoms with Gasteiger partial charge in [0.25, 0.3) is 0 Å². The van der Waals surface area contributed by atoms with Crippen LogP contribution in [0.2, 0.25) is 0 Å². The second kappa shape index (κ2) is 4.35. The number of aliphatic hydroxyl groups excluding tert-OH is 1. The molecule has 0 unspecified atom stereocenters. The summed E-state index contributed by atoms with van der Waals surface area (Å²) in [5.74, 6) is -0.444. The molecular weight excluding hydrogens is 220 g/mol. The fraction of sp³-hybridized carbons (Fsp3) is 0.417. The number of fused-ring (bicyclic) bond motifs is 1. The second-order valence-electron chi connectivity index (χ2n) is 4.74. The summed E-state index contributed by atoms with van der Waals surface area (Å²) in [7, 11) is 0. The number of benzene rings is 1. The van der Waals surface area contributed by atoms with Crippen LogP contribution in [0.5, 0.6) is 0 Å². The zero-order valence-electron chi connectivity index (χ0n) is 9.91. The predicted molar refractivity (Wildman–Crippen MR) is 64.8 cm³/mol. The first-order chi connectivity index (χ1) is 8.00. The van der Waals surface area contributed by atoms with Crippen LogP contribution in [0, 0.1) is 0 Å². The van der Waals surface area contributed by atoms with Gasteiger partial charge in [-0.3, -0.25) is 4.98 Å². The third kappa shape index (κ3) is 2.75. The third-order valence-electron chi connectivity index (χ3n) is 2.65. The molecule has 5 nitrogen and oxygen atoms in total. The minimum atomic E-state index is -0.444. The molecule has 3 N–H and O–H groups in total. The van der Waals surface area contributed by atoms with E-state index in [4.69, 9.17) is 9.52 Å². The molecule has 0 aliphatic carbocycles. The van der Waals surface area contributed by atoms with E-state index in [0.29, 0.717) is 17.6 Å². The van der Waals surface area contributed by atoms with Crippen molar-refractivity contribution in [2.24, 2.45) is 0 Å². The predicted octanol–water partition coefficient (Wildman–Crippen LogP) is 0.982. The van der Waals surface area contributed by atoms with Crippen LogP contribution < -0.4 is 11.1 Å². The summed E-state index contributed by atoms with van der Waals surface area (Å²) < 4.78 is 4.98. The lowest BCUT2D eigenvalue weighted by molar-refractivity contribution is 0.187. The number of oxazole rings is 1. The minimum Gasteiger partial charge on any atom is -0.408 e. The van der Waals surface area contributed by atoms with Crippen molar-refractivity contribution in [2.75, 3.05) is 6.61 Å². The van der Waals surface area contributed by atoms with Gasteiger partial charge in [0, 0.05) is 12.1 Å². The fourth-order valence-electron chi connectivity index (χ4n) is 1.50. The van der Waals surface area contributed by atoms with Gasteiger partial charge in [0.1, 0.15) is 0 Å². The molecule has 2 rings (SSSR count). The summed E-state index contributed by atoms with van der Waals surface area (Å²) in [4.78, 5) is 13.6. The van der Waals surface area contributed by atoms with Crippen molar-refractivity contribution in [3.63, 3.8) is 0 Å². The Balaban J connectivity index is 2.17. The van der Waals surface area contributed by atoms with E-state index < -0.39 is 5.76 Å². The number of nitrogens with one attached hydrogen (secondary N) is 2. The Hall–Kier alpha value is -1.59. The summed E-state index contributed by atoms with van der Waals surface area (Å²) in [5, 5.41) is 12.3. The van der Waals surface area contributed by atoms with Gasteiger partial charge in [-0.05, 0) is 31.5 Å². The number of aromatic nitrogens is 1. The molecule has 2 aromatic rings. The number of aliphatic hydroxyl groups is 1. The molecule has 0 amide bonds. The summed E-state index contributed by atoms with van der Waals surface area (Å²) in [6.07, 6.45) is 0. The Bertz CT molecular complexity index is 568. The zero-order valence-corrected chi connectivity index (χ0v) is 9.91. The van der Waals surface area contributed by atoms with Gasteiger partial charge in [-0.25, -0.2) is 4.79 Å². The first-order valence-corrected chi connectivity index (χ1v) is 5.48. The van der Waals surface area contributed by atoms with Crippen molar-refractivity contribution in [3.8, 4) is 0 Å². The zero-order chi connectivity index (χ0) is 12.5. The molecule has 1 aromatic heterocycles. The number of rotatable bonds is 4. The largest absolute Gasteiger partial charge is 0.417 e. The quantitative estimate of drug-likeness (QED) is 0.739. The average Bonchev–Trinajstić information content (AvgIpc) is 2.66. The highest BCUT2D eigenvalue weighted by molar-refractivity contribution is 5.72. The molecule has 1 heterocycles. The lowest BCUT2D eigenvalue weighted by atomic mass is 10.1. The van der Waals surface area contributed by atoms with E-state index in [1.54, 1.807) is 0 Å². The fourth-order valence-corrected chi connectivity index (χ4v) is 1.50. The van der Waals surface area contributed by atoms with Crippen molar-refractivity contribution >= 4 is 11.1 Å². The molecule has 17 heavy (non-hydrogen) atoms. The lowest BCUT2D eigenvalue weighted by Gasteiger charge is -2.23. The van der Waals surface area contributed by atoms with Gasteiger partial charge in [-0.1, -0.05) is 6.07 Å². The van der Waals surface area contributed by atoms with Gasteiger partial charge in [0.05, 0.1) is 12.1 Å². The maximum Gasteiger partial charge on any atom is 0.417 e. The number of hydrogen-bond acceptors (Lipinski definition) is 4. The molecular formula is C12H16N2O3. The molecule has 1 aromatic carbocycles. The average molecular weight is 236 g/mol. The second-order valence-corrected chi connectivity index (χ2v) is 4.74. The highest BCUT2D eigenvalue weighted by atomic mass is 16.4. The van der Waals surface area contributed by atoms with E-state index >= 15 is 0 Å². The van der Waals surface area contributed by atoms with E-state index in [2.05, 4.69) is 10.3 Å². The molecule has 0 fully saturated rings. The smallest absolute Gasteiger partial charge is 0.408 e. The van der Waals surface area contributed by atoms with E-state index in [0.717, 1.165) is 5.56 Å². The highest BCUT2D eigenvalue weighted by Gasteiger charge is 2.14. The van der Waals surface area contributed by atoms with Crippen LogP contribution in [-0.2, 0) is 6.54 Å². The summed E-state index contributed by atoms with van der Waals surface area (Å²) in [6, 6.07) is 5.53. The van der Waals surface area contributed by atoms with Gasteiger partial charge in [0.15, 0.2) is 5.58 Å². The summed E-state index contributed by atoms with van der Waals surface area (Å²) >= 11 is 0. The van der Waals surface area contributed by atoms with Gasteiger partial charge >= 0.3 is 5.76 Å². The normalized spacial score (nSPS) is 12.2. The Labute approximate surface area is 98.5 Å². The van der Waals surface area contributed by atoms with Crippen molar-refractivity contribution in [1.29, 1.82) is 0 Å². The van der Waals surface area contributed by atoms with Crippen LogP contribution in [0.3, 0.4) is 0 Å². The maximum absolute atomic E-state index is 11.0. The van der Waals surface area contributed by atoms with Gasteiger partial charge in [0.2, 0.25) is 0 Å². The first kappa shape index (κ1) is 11.9. The Morgan fingerprint density at radius 1 is 1.47 bits per heavy atom. The molecule has 0 saturated carbocycles. The maximum atomic E-state index is 11.0. The number of H-pyrrole nitrogens is 1. The molecule has 0 spiro atoms. The van der Waals surface area contributed by atoms with Crippen LogP contribution in [0.25, 0.3) is 11.1 Å². The standard InChI is InChI=1S/C12H16N2O3/c1-12(2,7-15)13-6-8-3-4-9-10(5-8)17-11(16)14-9/h3-5,13,15H,6-7H2,1-2H3,(H,14,16). The van der Waals surface area contributed by atoms with Crippen molar-refractivity contribution < 1.29 is 9.52 Å². The van der Waals surface area contributed by atoms with Gasteiger partial charge in [-0.15, -0.1) is 0 Å². The van der Waals surface area contributed by atoms with Crippen LogP contribution in [0.1, 0.15) is 19.4 Å². The lowest BCUT2D eigenvalue weighted by Crippen LogP contribution is -2.42. The van der Waals surface area contributed by atoms with E-state index in [1.165, 1.54) is 0 Å². The van der Waals surface area contributed by atoms with Crippen LogP contribution in [0.15, 0.2) is 27.4 Å². The molecule has 0 saturated heterocycles. The summed E-state index contributed by atoms with van der Waals surface area (Å²) in [5.41, 5.74) is 1.92. The van der Waals surface area contributed by atoms with Crippen LogP contribution in [0.4, 0.5) is 0 Å². The molecule has 0 aliphatic rings. The molecule has 92 valence electrons. The van der Waals surface area contributed by atoms with Crippen molar-refractivity contribution in [1.82, 2.24) is 10.3 Å². The Kier molecular flexibility index (Phi) is 3.04. The summed E-state index contributed by atoms with van der Waals surface area (Å²) in [6.45, 7) is 4.51. The Morgan fingerprint density at radius 2 is 2.24 bits per heavy atom. The van der Waals surface area contributed by atoms with Crippen molar-refractivity contribution in [3.05, 3.63) is 34.3 Å². The molecule has 0 bridgehead atoms. The SMILES string of the molecule is CC(C)(CO)NCc1ccc2[nH]c(=O)oc2c1. The minimum absolute atomic E-state index is 0.0640. The topological polar surface area (TPSA) is 78.3 Å². The van der Waals surface area contributed by atoms with E-state index in [-0.39, 0.29) is 12.1 Å². The third-order valence-corrected chi connectivity index (χ3v) is 2.65. The van der Waals surface area contributed by atoms with Gasteiger partial charge < -0.3 is 14.8 Å². The van der Waals surface area contributed by atoms with E-state index in [1.807, 2.05) is 32.0 Å². The van der Waals surface area contributed by atoms with E-state index in [9.17, 15) is 4.79 Å². The van der Waals surface area contributed by atoms with Crippen molar-refractivity contribution in [2.45, 2.75) is 25.9 Å². The highest BCUT2D eigenvalue weighted by Crippen LogP contribution is 2.13. The number of aromatic amines is 1. The Morgan fingerprint density at radius 3 is 2.94 bits per heavy atom. The molecule has 0 radical (unpaired) electrons. The van der Waals surface area contributed by atoms with Crippen LogP contribution in [-0.4, -0.2) is 22.2 Å². The molecule has 0 atom stereocenters. The monoisotopic (exact) mass is 236 g/mol. The number of hydrogen-bond donors (Lipinski definition) is 3. The first-order valence-electron chi connectivity index (χ1n) is 5.48.